The van der Waals surface area contributed by atoms with Crippen LogP contribution in [0, 0.1) is 6.92 Å². The number of likely N-dealkylation sites (tertiary alicyclic amines) is 1. The van der Waals surface area contributed by atoms with E-state index in [4.69, 9.17) is 0 Å². The fourth-order valence-electron chi connectivity index (χ4n) is 4.45. The van der Waals surface area contributed by atoms with Crippen molar-refractivity contribution >= 4 is 27.6 Å². The Hall–Kier alpha value is -2.91. The van der Waals surface area contributed by atoms with Gasteiger partial charge in [-0.3, -0.25) is 4.79 Å². The molecule has 2 aliphatic rings. The molecule has 33 heavy (non-hydrogen) atoms. The van der Waals surface area contributed by atoms with Gasteiger partial charge in [-0.05, 0) is 56.9 Å². The van der Waals surface area contributed by atoms with Crippen LogP contribution in [0.3, 0.4) is 0 Å². The van der Waals surface area contributed by atoms with Gasteiger partial charge in [-0.1, -0.05) is 35.9 Å². The van der Waals surface area contributed by atoms with Crippen molar-refractivity contribution in [3.63, 3.8) is 0 Å². The number of carbonyl (C=O) groups excluding carboxylic acids is 2. The highest BCUT2D eigenvalue weighted by Gasteiger charge is 2.41. The van der Waals surface area contributed by atoms with Gasteiger partial charge in [0, 0.05) is 31.4 Å². The van der Waals surface area contributed by atoms with E-state index in [9.17, 15) is 18.0 Å². The third-order valence-electron chi connectivity index (χ3n) is 6.29. The molecule has 2 saturated heterocycles. The van der Waals surface area contributed by atoms with Gasteiger partial charge in [-0.25, -0.2) is 13.2 Å². The zero-order valence-corrected chi connectivity index (χ0v) is 19.6. The molecule has 2 heterocycles. The summed E-state index contributed by atoms with van der Waals surface area (Å²) in [4.78, 5) is 27.4. The van der Waals surface area contributed by atoms with Crippen LogP contribution < -0.4 is 10.6 Å². The Labute approximate surface area is 195 Å². The summed E-state index contributed by atoms with van der Waals surface area (Å²) >= 11 is 0. The molecule has 0 spiro atoms. The number of nitrogens with one attached hydrogen (secondary N) is 2. The summed E-state index contributed by atoms with van der Waals surface area (Å²) in [7, 11) is -3.72. The molecule has 0 bridgehead atoms. The van der Waals surface area contributed by atoms with Gasteiger partial charge in [0.2, 0.25) is 15.9 Å². The lowest BCUT2D eigenvalue weighted by molar-refractivity contribution is -0.135. The average molecular weight is 471 g/mol. The molecular weight excluding hydrogens is 440 g/mol. The Morgan fingerprint density at radius 1 is 0.909 bits per heavy atom. The van der Waals surface area contributed by atoms with E-state index in [1.807, 2.05) is 37.3 Å². The molecule has 2 aliphatic heterocycles. The number of rotatable bonds is 5. The Bertz CT molecular complexity index is 1080. The number of hydrogen-bond acceptors (Lipinski definition) is 4. The number of urea groups is 1. The molecule has 2 fully saturated rings. The summed E-state index contributed by atoms with van der Waals surface area (Å²) in [6.07, 6.45) is 2.46. The number of nitrogens with zero attached hydrogens (tertiary/aromatic N) is 2. The summed E-state index contributed by atoms with van der Waals surface area (Å²) in [5.74, 6) is -0.143. The third-order valence-corrected chi connectivity index (χ3v) is 8.21. The lowest BCUT2D eigenvalue weighted by Gasteiger charge is -2.35. The summed E-state index contributed by atoms with van der Waals surface area (Å²) in [6.45, 7) is 3.24. The SMILES string of the molecule is Cc1ccc(S(=O)(=O)N2CCC[C@H]2C(=O)N2CCC(NC(=O)Nc3ccccc3)CC2)cc1. The minimum absolute atomic E-state index is 0.0336. The Morgan fingerprint density at radius 3 is 2.24 bits per heavy atom. The van der Waals surface area contributed by atoms with Crippen LogP contribution in [0.25, 0.3) is 0 Å². The van der Waals surface area contributed by atoms with E-state index < -0.39 is 16.1 Å². The predicted octanol–water partition coefficient (Wildman–Crippen LogP) is 2.96. The number of carbonyl (C=O) groups is 2. The molecule has 4 rings (SSSR count). The summed E-state index contributed by atoms with van der Waals surface area (Å²) in [6, 6.07) is 15.0. The Balaban J connectivity index is 1.33. The highest BCUT2D eigenvalue weighted by atomic mass is 32.2. The fourth-order valence-corrected chi connectivity index (χ4v) is 6.10. The minimum atomic E-state index is -3.72. The Kier molecular flexibility index (Phi) is 6.99. The van der Waals surface area contributed by atoms with E-state index in [0.717, 1.165) is 11.3 Å². The highest BCUT2D eigenvalue weighted by Crippen LogP contribution is 2.28. The van der Waals surface area contributed by atoms with Crippen LogP contribution in [0.4, 0.5) is 10.5 Å². The monoisotopic (exact) mass is 470 g/mol. The number of aryl methyl sites for hydroxylation is 1. The van der Waals surface area contributed by atoms with E-state index in [-0.39, 0.29) is 22.9 Å². The van der Waals surface area contributed by atoms with E-state index in [2.05, 4.69) is 10.6 Å². The maximum atomic E-state index is 13.2. The van der Waals surface area contributed by atoms with E-state index in [0.29, 0.717) is 45.3 Å². The van der Waals surface area contributed by atoms with Crippen molar-refractivity contribution in [3.8, 4) is 0 Å². The fraction of sp³-hybridized carbons (Fsp3) is 0.417. The first-order chi connectivity index (χ1) is 15.8. The van der Waals surface area contributed by atoms with E-state index >= 15 is 0 Å². The van der Waals surface area contributed by atoms with Crippen LogP contribution in [-0.2, 0) is 14.8 Å². The molecule has 2 aromatic carbocycles. The molecule has 0 aliphatic carbocycles. The van der Waals surface area contributed by atoms with Crippen LogP contribution >= 0.6 is 0 Å². The number of amides is 3. The first kappa shape index (κ1) is 23.3. The number of piperidine rings is 1. The van der Waals surface area contributed by atoms with Gasteiger partial charge < -0.3 is 15.5 Å². The summed E-state index contributed by atoms with van der Waals surface area (Å²) < 4.78 is 27.7. The molecule has 0 unspecified atom stereocenters. The molecule has 1 atom stereocenters. The second-order valence-electron chi connectivity index (χ2n) is 8.65. The topological polar surface area (TPSA) is 98.8 Å². The number of hydrogen-bond donors (Lipinski definition) is 2. The quantitative estimate of drug-likeness (QED) is 0.702. The molecule has 3 amide bonds. The van der Waals surface area contributed by atoms with Crippen molar-refractivity contribution in [3.05, 3.63) is 60.2 Å². The highest BCUT2D eigenvalue weighted by molar-refractivity contribution is 7.89. The smallest absolute Gasteiger partial charge is 0.319 e. The van der Waals surface area contributed by atoms with E-state index in [1.54, 1.807) is 29.2 Å². The van der Waals surface area contributed by atoms with Crippen LogP contribution in [0.5, 0.6) is 0 Å². The normalized spacial score (nSPS) is 19.9. The molecular formula is C24H30N4O4S. The lowest BCUT2D eigenvalue weighted by Crippen LogP contribution is -2.52. The van der Waals surface area contributed by atoms with Crippen molar-refractivity contribution in [1.82, 2.24) is 14.5 Å². The van der Waals surface area contributed by atoms with Crippen LogP contribution in [0.15, 0.2) is 59.5 Å². The van der Waals surface area contributed by atoms with Crippen molar-refractivity contribution in [2.24, 2.45) is 0 Å². The maximum absolute atomic E-state index is 13.2. The molecule has 176 valence electrons. The van der Waals surface area contributed by atoms with Gasteiger partial charge in [-0.15, -0.1) is 0 Å². The number of anilines is 1. The van der Waals surface area contributed by atoms with Gasteiger partial charge in [-0.2, -0.15) is 4.31 Å². The molecule has 2 aromatic rings. The molecule has 9 heteroatoms. The van der Waals surface area contributed by atoms with Crippen LogP contribution in [0.1, 0.15) is 31.2 Å². The summed E-state index contributed by atoms with van der Waals surface area (Å²) in [5, 5.41) is 5.77. The van der Waals surface area contributed by atoms with Crippen molar-refractivity contribution < 1.29 is 18.0 Å². The molecule has 0 aromatic heterocycles. The Morgan fingerprint density at radius 2 is 1.58 bits per heavy atom. The lowest BCUT2D eigenvalue weighted by atomic mass is 10.0. The third kappa shape index (κ3) is 5.36. The van der Waals surface area contributed by atoms with Crippen molar-refractivity contribution in [2.75, 3.05) is 25.0 Å². The molecule has 0 radical (unpaired) electrons. The van der Waals surface area contributed by atoms with Gasteiger partial charge >= 0.3 is 6.03 Å². The number of para-hydroxylation sites is 1. The first-order valence-electron chi connectivity index (χ1n) is 11.3. The van der Waals surface area contributed by atoms with Crippen molar-refractivity contribution in [2.45, 2.75) is 49.6 Å². The largest absolute Gasteiger partial charge is 0.341 e. The number of sulfonamides is 1. The molecule has 0 saturated carbocycles. The second kappa shape index (κ2) is 9.93. The second-order valence-corrected chi connectivity index (χ2v) is 10.5. The van der Waals surface area contributed by atoms with Crippen molar-refractivity contribution in [1.29, 1.82) is 0 Å². The van der Waals surface area contributed by atoms with Gasteiger partial charge in [0.1, 0.15) is 6.04 Å². The zero-order chi connectivity index (χ0) is 23.4. The van der Waals surface area contributed by atoms with Gasteiger partial charge in [0.05, 0.1) is 4.90 Å². The van der Waals surface area contributed by atoms with E-state index in [1.165, 1.54) is 4.31 Å². The maximum Gasteiger partial charge on any atom is 0.319 e. The first-order valence-corrected chi connectivity index (χ1v) is 12.8. The minimum Gasteiger partial charge on any atom is -0.341 e. The van der Waals surface area contributed by atoms with Gasteiger partial charge in [0.15, 0.2) is 0 Å². The van der Waals surface area contributed by atoms with Crippen LogP contribution in [-0.4, -0.2) is 61.3 Å². The predicted molar refractivity (Wildman–Crippen MR) is 126 cm³/mol. The number of benzene rings is 2. The molecule has 2 N–H and O–H groups in total. The standard InChI is InChI=1S/C24H30N4O4S/c1-18-9-11-21(12-10-18)33(31,32)28-15-5-8-22(28)23(29)27-16-13-20(14-17-27)26-24(30)25-19-6-3-2-4-7-19/h2-4,6-7,9-12,20,22H,5,8,13-17H2,1H3,(H2,25,26,30)/t22-/m0/s1. The molecule has 8 nitrogen and oxygen atoms in total. The average Bonchev–Trinajstić information content (AvgIpc) is 3.31. The van der Waals surface area contributed by atoms with Crippen LogP contribution in [0.2, 0.25) is 0 Å². The summed E-state index contributed by atoms with van der Waals surface area (Å²) in [5.41, 5.74) is 1.70. The van der Waals surface area contributed by atoms with Gasteiger partial charge in [0.25, 0.3) is 0 Å². The zero-order valence-electron chi connectivity index (χ0n) is 18.7.